The van der Waals surface area contributed by atoms with Crippen LogP contribution in [0.5, 0.6) is 0 Å². The molecule has 2 aromatic rings. The predicted molar refractivity (Wildman–Crippen MR) is 99.9 cm³/mol. The molecular weight excluding hydrogens is 376 g/mol. The average Bonchev–Trinajstić information content (AvgIpc) is 3.32. The zero-order valence-corrected chi connectivity index (χ0v) is 15.1. The van der Waals surface area contributed by atoms with Gasteiger partial charge in [0.25, 0.3) is 0 Å². The van der Waals surface area contributed by atoms with E-state index in [0.29, 0.717) is 6.54 Å². The van der Waals surface area contributed by atoms with Crippen LogP contribution >= 0.6 is 28.3 Å². The number of anilines is 1. The average molecular weight is 396 g/mol. The minimum atomic E-state index is -0.304. The largest absolute Gasteiger partial charge is 0.399 e. The molecule has 1 aliphatic carbocycles. The number of halogens is 2. The van der Waals surface area contributed by atoms with Gasteiger partial charge in [-0.2, -0.15) is 0 Å². The predicted octanol–water partition coefficient (Wildman–Crippen LogP) is 3.84. The van der Waals surface area contributed by atoms with Gasteiger partial charge in [-0.05, 0) is 54.7 Å². The second-order valence-electron chi connectivity index (χ2n) is 5.84. The number of carbonyl (C=O) groups is 1. The van der Waals surface area contributed by atoms with Crippen LogP contribution < -0.4 is 11.1 Å². The monoisotopic (exact) mass is 394 g/mol. The summed E-state index contributed by atoms with van der Waals surface area (Å²) in [7, 11) is 0. The molecular formula is C18H20BrClN2O. The Morgan fingerprint density at radius 3 is 2.26 bits per heavy atom. The highest BCUT2D eigenvalue weighted by Gasteiger charge is 2.50. The lowest BCUT2D eigenvalue weighted by atomic mass is 9.95. The molecule has 5 heteroatoms. The van der Waals surface area contributed by atoms with E-state index in [0.717, 1.165) is 35.0 Å². The van der Waals surface area contributed by atoms with Crippen LogP contribution in [0.3, 0.4) is 0 Å². The molecule has 1 saturated carbocycles. The number of hydrogen-bond acceptors (Lipinski definition) is 2. The van der Waals surface area contributed by atoms with Gasteiger partial charge in [-0.1, -0.05) is 40.2 Å². The second kappa shape index (κ2) is 7.37. The van der Waals surface area contributed by atoms with Crippen LogP contribution in [0.2, 0.25) is 0 Å². The Labute approximate surface area is 151 Å². The minimum Gasteiger partial charge on any atom is -0.399 e. The minimum absolute atomic E-state index is 0. The van der Waals surface area contributed by atoms with Crippen LogP contribution in [0.4, 0.5) is 5.69 Å². The first-order chi connectivity index (χ1) is 10.6. The third kappa shape index (κ3) is 4.06. The van der Waals surface area contributed by atoms with Crippen LogP contribution in [0.25, 0.3) is 0 Å². The number of hydrogen-bond donors (Lipinski definition) is 2. The Kier molecular flexibility index (Phi) is 5.71. The van der Waals surface area contributed by atoms with Gasteiger partial charge in [0, 0.05) is 16.7 Å². The normalized spacial score (nSPS) is 14.7. The van der Waals surface area contributed by atoms with Crippen molar-refractivity contribution in [3.63, 3.8) is 0 Å². The lowest BCUT2D eigenvalue weighted by Gasteiger charge is -2.16. The highest BCUT2D eigenvalue weighted by molar-refractivity contribution is 9.10. The summed E-state index contributed by atoms with van der Waals surface area (Å²) in [5.74, 6) is 0.144. The Morgan fingerprint density at radius 1 is 1.09 bits per heavy atom. The molecule has 0 aliphatic heterocycles. The molecule has 0 heterocycles. The van der Waals surface area contributed by atoms with Gasteiger partial charge in [0.2, 0.25) is 5.91 Å². The summed E-state index contributed by atoms with van der Waals surface area (Å²) in [5.41, 5.74) is 8.43. The fraction of sp³-hybridized carbons (Fsp3) is 0.278. The maximum atomic E-state index is 12.5. The van der Waals surface area contributed by atoms with Crippen molar-refractivity contribution in [1.29, 1.82) is 0 Å². The number of nitrogen functional groups attached to an aromatic ring is 1. The number of nitrogens with one attached hydrogen (secondary N) is 1. The first kappa shape index (κ1) is 17.8. The van der Waals surface area contributed by atoms with E-state index in [2.05, 4.69) is 21.2 Å². The number of benzene rings is 2. The molecule has 1 amide bonds. The molecule has 3 nitrogen and oxygen atoms in total. The van der Waals surface area contributed by atoms with E-state index >= 15 is 0 Å². The molecule has 0 bridgehead atoms. The van der Waals surface area contributed by atoms with Crippen molar-refractivity contribution in [3.05, 3.63) is 64.1 Å². The van der Waals surface area contributed by atoms with Crippen molar-refractivity contribution in [2.45, 2.75) is 24.7 Å². The first-order valence-corrected chi connectivity index (χ1v) is 8.28. The molecule has 3 N–H and O–H groups in total. The van der Waals surface area contributed by atoms with Crippen LogP contribution in [0, 0.1) is 0 Å². The van der Waals surface area contributed by atoms with Gasteiger partial charge in [-0.15, -0.1) is 12.4 Å². The van der Waals surface area contributed by atoms with E-state index in [9.17, 15) is 4.79 Å². The summed E-state index contributed by atoms with van der Waals surface area (Å²) in [6.45, 7) is 0.654. The number of amides is 1. The fourth-order valence-corrected chi connectivity index (χ4v) is 2.98. The van der Waals surface area contributed by atoms with Crippen LogP contribution in [0.1, 0.15) is 24.0 Å². The molecule has 3 rings (SSSR count). The van der Waals surface area contributed by atoms with Crippen molar-refractivity contribution < 1.29 is 4.79 Å². The fourth-order valence-electron chi connectivity index (χ4n) is 2.71. The Hall–Kier alpha value is -1.52. The summed E-state index contributed by atoms with van der Waals surface area (Å²) in [6, 6.07) is 15.9. The van der Waals surface area contributed by atoms with Crippen molar-refractivity contribution in [2.24, 2.45) is 0 Å². The Bertz CT molecular complexity index is 666. The van der Waals surface area contributed by atoms with Crippen LogP contribution in [-0.2, 0) is 16.6 Å². The maximum Gasteiger partial charge on any atom is 0.230 e. The number of rotatable bonds is 5. The zero-order chi connectivity index (χ0) is 15.6. The van der Waals surface area contributed by atoms with Gasteiger partial charge in [-0.25, -0.2) is 0 Å². The Balaban J connectivity index is 0.00000192. The molecule has 2 aromatic carbocycles. The standard InChI is InChI=1S/C18H19BrN2O.ClH/c19-15-5-3-14(4-6-15)18(10-11-18)17(22)21-12-9-13-1-7-16(20)8-2-13;/h1-8H,9-12,20H2,(H,21,22);1H. The van der Waals surface area contributed by atoms with Gasteiger partial charge < -0.3 is 11.1 Å². The van der Waals surface area contributed by atoms with Crippen molar-refractivity contribution in [1.82, 2.24) is 5.32 Å². The van der Waals surface area contributed by atoms with Crippen LogP contribution in [-0.4, -0.2) is 12.5 Å². The van der Waals surface area contributed by atoms with Gasteiger partial charge in [0.05, 0.1) is 5.41 Å². The Morgan fingerprint density at radius 2 is 1.70 bits per heavy atom. The van der Waals surface area contributed by atoms with E-state index in [1.807, 2.05) is 48.5 Å². The van der Waals surface area contributed by atoms with Crippen molar-refractivity contribution in [3.8, 4) is 0 Å². The lowest BCUT2D eigenvalue weighted by Crippen LogP contribution is -2.35. The van der Waals surface area contributed by atoms with E-state index < -0.39 is 0 Å². The van der Waals surface area contributed by atoms with Crippen molar-refractivity contribution in [2.75, 3.05) is 12.3 Å². The molecule has 0 atom stereocenters. The van der Waals surface area contributed by atoms with Gasteiger partial charge in [0.1, 0.15) is 0 Å². The zero-order valence-electron chi connectivity index (χ0n) is 12.7. The molecule has 0 radical (unpaired) electrons. The van der Waals surface area contributed by atoms with Gasteiger partial charge in [-0.3, -0.25) is 4.79 Å². The smallest absolute Gasteiger partial charge is 0.230 e. The molecule has 23 heavy (non-hydrogen) atoms. The van der Waals surface area contributed by atoms with E-state index in [1.54, 1.807) is 0 Å². The summed E-state index contributed by atoms with van der Waals surface area (Å²) in [6.07, 6.45) is 2.69. The summed E-state index contributed by atoms with van der Waals surface area (Å²) < 4.78 is 1.04. The van der Waals surface area contributed by atoms with E-state index in [4.69, 9.17) is 5.73 Å². The third-order valence-corrected chi connectivity index (χ3v) is 4.79. The molecule has 0 aromatic heterocycles. The highest BCUT2D eigenvalue weighted by Crippen LogP contribution is 2.48. The molecule has 0 spiro atoms. The highest BCUT2D eigenvalue weighted by atomic mass is 79.9. The first-order valence-electron chi connectivity index (χ1n) is 7.49. The molecule has 1 aliphatic rings. The number of carbonyl (C=O) groups excluding carboxylic acids is 1. The van der Waals surface area contributed by atoms with Crippen LogP contribution in [0.15, 0.2) is 53.0 Å². The van der Waals surface area contributed by atoms with E-state index in [-0.39, 0.29) is 23.7 Å². The summed E-state index contributed by atoms with van der Waals surface area (Å²) in [5, 5.41) is 3.08. The third-order valence-electron chi connectivity index (χ3n) is 4.26. The van der Waals surface area contributed by atoms with E-state index in [1.165, 1.54) is 5.56 Å². The van der Waals surface area contributed by atoms with Gasteiger partial charge in [0.15, 0.2) is 0 Å². The maximum absolute atomic E-state index is 12.5. The SMILES string of the molecule is Cl.Nc1ccc(CCNC(=O)C2(c3ccc(Br)cc3)CC2)cc1. The lowest BCUT2D eigenvalue weighted by molar-refractivity contribution is -0.123. The molecule has 122 valence electrons. The second-order valence-corrected chi connectivity index (χ2v) is 6.75. The van der Waals surface area contributed by atoms with Crippen molar-refractivity contribution >= 4 is 39.9 Å². The quantitative estimate of drug-likeness (QED) is 0.756. The molecule has 1 fully saturated rings. The summed E-state index contributed by atoms with van der Waals surface area (Å²) >= 11 is 3.43. The summed E-state index contributed by atoms with van der Waals surface area (Å²) in [4.78, 5) is 12.5. The topological polar surface area (TPSA) is 55.1 Å². The van der Waals surface area contributed by atoms with Gasteiger partial charge >= 0.3 is 0 Å². The molecule has 0 saturated heterocycles. The molecule has 0 unspecified atom stereocenters. The number of nitrogens with two attached hydrogens (primary N) is 1.